The summed E-state index contributed by atoms with van der Waals surface area (Å²) in [6, 6.07) is 13.4. The van der Waals surface area contributed by atoms with Crippen molar-refractivity contribution in [3.05, 3.63) is 51.7 Å². The van der Waals surface area contributed by atoms with Crippen LogP contribution in [-0.4, -0.2) is 0 Å². The lowest BCUT2D eigenvalue weighted by atomic mass is 10.2. The minimum Gasteiger partial charge on any atom is -0.378 e. The summed E-state index contributed by atoms with van der Waals surface area (Å²) in [4.78, 5) is 2.86. The Morgan fingerprint density at radius 2 is 1.82 bits per heavy atom. The molecule has 1 nitrogen and oxygen atoms in total. The smallest absolute Gasteiger partial charge is 0.0578 e. The molecule has 1 atom stereocenters. The highest BCUT2D eigenvalue weighted by molar-refractivity contribution is 7.12. The van der Waals surface area contributed by atoms with Crippen molar-refractivity contribution in [1.29, 1.82) is 0 Å². The Labute approximate surface area is 108 Å². The van der Waals surface area contributed by atoms with Gasteiger partial charge in [0.15, 0.2) is 0 Å². The number of thiophene rings is 1. The molecule has 2 rings (SSSR count). The van der Waals surface area contributed by atoms with Crippen LogP contribution in [0.3, 0.4) is 0 Å². The van der Waals surface area contributed by atoms with Crippen LogP contribution in [-0.2, 0) is 6.42 Å². The van der Waals surface area contributed by atoms with E-state index in [9.17, 15) is 0 Å². The van der Waals surface area contributed by atoms with Gasteiger partial charge in [0.1, 0.15) is 0 Å². The third-order valence-corrected chi connectivity index (χ3v) is 4.30. The van der Waals surface area contributed by atoms with E-state index < -0.39 is 0 Å². The molecular weight excluding hydrogens is 226 g/mol. The van der Waals surface area contributed by atoms with E-state index in [-0.39, 0.29) is 0 Å². The van der Waals surface area contributed by atoms with Crippen LogP contribution in [0, 0.1) is 6.92 Å². The summed E-state index contributed by atoms with van der Waals surface area (Å²) < 4.78 is 0. The maximum absolute atomic E-state index is 3.53. The quantitative estimate of drug-likeness (QED) is 0.816. The molecule has 0 amide bonds. The lowest BCUT2D eigenvalue weighted by molar-refractivity contribution is 0.908. The zero-order valence-corrected chi connectivity index (χ0v) is 11.5. The topological polar surface area (TPSA) is 12.0 Å². The molecule has 0 radical (unpaired) electrons. The van der Waals surface area contributed by atoms with Gasteiger partial charge in [0.2, 0.25) is 0 Å². The summed E-state index contributed by atoms with van der Waals surface area (Å²) in [5.41, 5.74) is 2.49. The molecule has 1 N–H and O–H groups in total. The van der Waals surface area contributed by atoms with Crippen LogP contribution < -0.4 is 5.32 Å². The summed E-state index contributed by atoms with van der Waals surface area (Å²) >= 11 is 1.90. The second-order valence-electron chi connectivity index (χ2n) is 4.39. The number of anilines is 1. The number of rotatable bonds is 4. The summed E-state index contributed by atoms with van der Waals surface area (Å²) in [7, 11) is 0. The molecule has 2 aromatic rings. The monoisotopic (exact) mass is 245 g/mol. The summed E-state index contributed by atoms with van der Waals surface area (Å²) in [5.74, 6) is 0. The van der Waals surface area contributed by atoms with E-state index >= 15 is 0 Å². The van der Waals surface area contributed by atoms with Gasteiger partial charge < -0.3 is 5.32 Å². The molecular formula is C15H19NS. The maximum Gasteiger partial charge on any atom is 0.0578 e. The molecule has 0 aliphatic heterocycles. The van der Waals surface area contributed by atoms with Crippen LogP contribution >= 0.6 is 11.3 Å². The Kier molecular flexibility index (Phi) is 3.85. The highest BCUT2D eigenvalue weighted by Crippen LogP contribution is 2.26. The van der Waals surface area contributed by atoms with E-state index in [1.165, 1.54) is 21.0 Å². The van der Waals surface area contributed by atoms with Gasteiger partial charge in [-0.3, -0.25) is 0 Å². The average molecular weight is 245 g/mol. The van der Waals surface area contributed by atoms with Crippen molar-refractivity contribution in [2.24, 2.45) is 0 Å². The van der Waals surface area contributed by atoms with E-state index in [4.69, 9.17) is 0 Å². The Morgan fingerprint density at radius 1 is 1.12 bits per heavy atom. The Hall–Kier alpha value is -1.28. The van der Waals surface area contributed by atoms with Gasteiger partial charge in [-0.15, -0.1) is 11.3 Å². The van der Waals surface area contributed by atoms with Gasteiger partial charge in [-0.05, 0) is 44.5 Å². The van der Waals surface area contributed by atoms with Crippen LogP contribution in [0.15, 0.2) is 36.4 Å². The molecule has 1 aromatic heterocycles. The van der Waals surface area contributed by atoms with E-state index in [1.54, 1.807) is 0 Å². The summed E-state index contributed by atoms with van der Waals surface area (Å²) in [6.07, 6.45) is 1.13. The van der Waals surface area contributed by atoms with E-state index in [0.717, 1.165) is 6.42 Å². The first-order chi connectivity index (χ1) is 8.19. The van der Waals surface area contributed by atoms with Gasteiger partial charge in [-0.2, -0.15) is 0 Å². The maximum atomic E-state index is 3.53. The summed E-state index contributed by atoms with van der Waals surface area (Å²) in [5, 5.41) is 3.53. The molecule has 0 spiro atoms. The first-order valence-corrected chi connectivity index (χ1v) is 6.92. The predicted molar refractivity (Wildman–Crippen MR) is 76.9 cm³/mol. The van der Waals surface area contributed by atoms with E-state index in [0.29, 0.717) is 6.04 Å². The normalized spacial score (nSPS) is 12.4. The molecule has 1 aromatic carbocycles. The van der Waals surface area contributed by atoms with Gasteiger partial charge in [0.05, 0.1) is 6.04 Å². The standard InChI is InChI=1S/C15H19NS/c1-4-14-9-10-15(17-14)12(3)16-13-7-5-11(2)6-8-13/h5-10,12,16H,4H2,1-3H3. The van der Waals surface area contributed by atoms with Crippen molar-refractivity contribution in [3.63, 3.8) is 0 Å². The Bertz CT molecular complexity index is 470. The van der Waals surface area contributed by atoms with Crippen molar-refractivity contribution in [3.8, 4) is 0 Å². The zero-order chi connectivity index (χ0) is 12.3. The fourth-order valence-electron chi connectivity index (χ4n) is 1.79. The largest absolute Gasteiger partial charge is 0.378 e. The molecule has 17 heavy (non-hydrogen) atoms. The number of aryl methyl sites for hydroxylation is 2. The molecule has 2 heteroatoms. The van der Waals surface area contributed by atoms with Gasteiger partial charge in [0.25, 0.3) is 0 Å². The van der Waals surface area contributed by atoms with Crippen molar-refractivity contribution >= 4 is 17.0 Å². The van der Waals surface area contributed by atoms with E-state index in [1.807, 2.05) is 11.3 Å². The van der Waals surface area contributed by atoms with Crippen LogP contribution in [0.1, 0.15) is 35.2 Å². The third kappa shape index (κ3) is 3.10. The third-order valence-electron chi connectivity index (χ3n) is 2.89. The lowest BCUT2D eigenvalue weighted by Crippen LogP contribution is -2.04. The number of benzene rings is 1. The molecule has 0 fully saturated rings. The summed E-state index contributed by atoms with van der Waals surface area (Å²) in [6.45, 7) is 6.53. The van der Waals surface area contributed by atoms with E-state index in [2.05, 4.69) is 62.5 Å². The van der Waals surface area contributed by atoms with Crippen LogP contribution in [0.2, 0.25) is 0 Å². The molecule has 0 aliphatic carbocycles. The zero-order valence-electron chi connectivity index (χ0n) is 10.7. The first kappa shape index (κ1) is 12.2. The second kappa shape index (κ2) is 5.37. The van der Waals surface area contributed by atoms with Crippen molar-refractivity contribution < 1.29 is 0 Å². The SMILES string of the molecule is CCc1ccc(C(C)Nc2ccc(C)cc2)s1. The highest BCUT2D eigenvalue weighted by Gasteiger charge is 2.07. The minimum atomic E-state index is 0.378. The lowest BCUT2D eigenvalue weighted by Gasteiger charge is -2.13. The second-order valence-corrected chi connectivity index (χ2v) is 5.59. The average Bonchev–Trinajstić information content (AvgIpc) is 2.81. The fourth-order valence-corrected chi connectivity index (χ4v) is 2.74. The number of nitrogens with one attached hydrogen (secondary N) is 1. The van der Waals surface area contributed by atoms with Gasteiger partial charge in [-0.1, -0.05) is 24.6 Å². The molecule has 0 saturated heterocycles. The molecule has 0 saturated carbocycles. The van der Waals surface area contributed by atoms with Gasteiger partial charge in [-0.25, -0.2) is 0 Å². The Balaban J connectivity index is 2.05. The van der Waals surface area contributed by atoms with Crippen LogP contribution in [0.25, 0.3) is 0 Å². The van der Waals surface area contributed by atoms with Crippen LogP contribution in [0.4, 0.5) is 5.69 Å². The predicted octanol–water partition coefficient (Wildman–Crippen LogP) is 4.79. The van der Waals surface area contributed by atoms with Gasteiger partial charge >= 0.3 is 0 Å². The fraction of sp³-hybridized carbons (Fsp3) is 0.333. The molecule has 1 heterocycles. The van der Waals surface area contributed by atoms with Crippen molar-refractivity contribution in [1.82, 2.24) is 0 Å². The molecule has 1 unspecified atom stereocenters. The Morgan fingerprint density at radius 3 is 2.41 bits per heavy atom. The van der Waals surface area contributed by atoms with Gasteiger partial charge in [0, 0.05) is 15.4 Å². The molecule has 90 valence electrons. The van der Waals surface area contributed by atoms with Crippen molar-refractivity contribution in [2.45, 2.75) is 33.2 Å². The first-order valence-electron chi connectivity index (χ1n) is 6.11. The van der Waals surface area contributed by atoms with Crippen LogP contribution in [0.5, 0.6) is 0 Å². The number of hydrogen-bond acceptors (Lipinski definition) is 2. The molecule has 0 aliphatic rings. The minimum absolute atomic E-state index is 0.378. The highest BCUT2D eigenvalue weighted by atomic mass is 32.1. The number of hydrogen-bond donors (Lipinski definition) is 1. The molecule has 0 bridgehead atoms. The van der Waals surface area contributed by atoms with Crippen molar-refractivity contribution in [2.75, 3.05) is 5.32 Å².